The van der Waals surface area contributed by atoms with Crippen molar-refractivity contribution in [2.45, 2.75) is 46.3 Å². The number of nitrogens with zero attached hydrogens (tertiary/aromatic N) is 4. The van der Waals surface area contributed by atoms with Crippen LogP contribution in [0.5, 0.6) is 0 Å². The Hall–Kier alpha value is -2.21. The maximum Gasteiger partial charge on any atom is 0.251 e. The Kier molecular flexibility index (Phi) is 6.09. The van der Waals surface area contributed by atoms with E-state index >= 15 is 0 Å². The quantitative estimate of drug-likeness (QED) is 0.848. The molecule has 0 aliphatic heterocycles. The lowest BCUT2D eigenvalue weighted by molar-refractivity contribution is 0.0937. The van der Waals surface area contributed by atoms with Gasteiger partial charge in [0.2, 0.25) is 0 Å². The molecule has 1 aromatic carbocycles. The lowest BCUT2D eigenvalue weighted by atomic mass is 10.1. The van der Waals surface area contributed by atoms with E-state index in [-0.39, 0.29) is 11.9 Å². The molecule has 1 heterocycles. The maximum absolute atomic E-state index is 12.4. The number of carbonyl (C=O) groups excluding carboxylic acids is 1. The summed E-state index contributed by atoms with van der Waals surface area (Å²) in [4.78, 5) is 14.8. The van der Waals surface area contributed by atoms with Crippen molar-refractivity contribution in [1.82, 2.24) is 25.0 Å². The van der Waals surface area contributed by atoms with Gasteiger partial charge in [-0.1, -0.05) is 19.1 Å². The second-order valence-electron chi connectivity index (χ2n) is 6.35. The highest BCUT2D eigenvalue weighted by molar-refractivity contribution is 5.94. The Labute approximate surface area is 143 Å². The minimum atomic E-state index is -0.193. The summed E-state index contributed by atoms with van der Waals surface area (Å²) in [6.07, 6.45) is 1.63. The van der Waals surface area contributed by atoms with Crippen LogP contribution in [0.2, 0.25) is 0 Å². The molecule has 0 spiro atoms. The van der Waals surface area contributed by atoms with Gasteiger partial charge in [-0.3, -0.25) is 9.69 Å². The van der Waals surface area contributed by atoms with E-state index in [9.17, 15) is 4.79 Å². The maximum atomic E-state index is 12.4. The molecule has 1 amide bonds. The molecule has 0 unspecified atom stereocenters. The van der Waals surface area contributed by atoms with Crippen molar-refractivity contribution >= 4 is 5.91 Å². The van der Waals surface area contributed by atoms with E-state index in [1.165, 1.54) is 5.56 Å². The molecule has 0 aliphatic carbocycles. The van der Waals surface area contributed by atoms with E-state index in [2.05, 4.69) is 41.2 Å². The van der Waals surface area contributed by atoms with Gasteiger partial charge in [0.05, 0.1) is 6.04 Å². The zero-order valence-corrected chi connectivity index (χ0v) is 15.2. The van der Waals surface area contributed by atoms with Crippen molar-refractivity contribution in [3.8, 4) is 0 Å². The van der Waals surface area contributed by atoms with Gasteiger partial charge in [-0.25, -0.2) is 0 Å². The molecule has 130 valence electrons. The van der Waals surface area contributed by atoms with Crippen LogP contribution in [-0.2, 0) is 13.6 Å². The van der Waals surface area contributed by atoms with E-state index in [0.717, 1.165) is 18.9 Å². The number of rotatable bonds is 7. The standard InChI is InChI=1S/C18H27N5O/c1-6-23(13(2)3)11-15-7-9-16(10-8-15)18(24)20-14(4)17-21-19-12-22(17)5/h7-10,12-14H,6,11H2,1-5H3,(H,20,24)/t14-/m0/s1. The predicted molar refractivity (Wildman–Crippen MR) is 94.5 cm³/mol. The highest BCUT2D eigenvalue weighted by Crippen LogP contribution is 2.12. The van der Waals surface area contributed by atoms with Crippen molar-refractivity contribution < 1.29 is 4.79 Å². The number of hydrogen-bond acceptors (Lipinski definition) is 4. The molecule has 2 rings (SSSR count). The first-order valence-electron chi connectivity index (χ1n) is 8.40. The monoisotopic (exact) mass is 329 g/mol. The second-order valence-corrected chi connectivity index (χ2v) is 6.35. The van der Waals surface area contributed by atoms with Crippen molar-refractivity contribution in [1.29, 1.82) is 0 Å². The number of carbonyl (C=O) groups is 1. The van der Waals surface area contributed by atoms with Crippen LogP contribution in [0.1, 0.15) is 55.5 Å². The molecule has 6 heteroatoms. The molecule has 24 heavy (non-hydrogen) atoms. The molecule has 1 atom stereocenters. The number of hydrogen-bond donors (Lipinski definition) is 1. The molecule has 0 bridgehead atoms. The highest BCUT2D eigenvalue weighted by Gasteiger charge is 2.15. The third kappa shape index (κ3) is 4.41. The number of aromatic nitrogens is 3. The van der Waals surface area contributed by atoms with Gasteiger partial charge in [0.15, 0.2) is 5.82 Å². The first-order valence-corrected chi connectivity index (χ1v) is 8.40. The zero-order valence-electron chi connectivity index (χ0n) is 15.2. The van der Waals surface area contributed by atoms with Gasteiger partial charge in [0, 0.05) is 25.2 Å². The molecular weight excluding hydrogens is 302 g/mol. The summed E-state index contributed by atoms with van der Waals surface area (Å²) in [5.41, 5.74) is 1.86. The Morgan fingerprint density at radius 2 is 1.92 bits per heavy atom. The molecule has 0 aliphatic rings. The van der Waals surface area contributed by atoms with Gasteiger partial charge < -0.3 is 9.88 Å². The third-order valence-electron chi connectivity index (χ3n) is 4.22. The molecule has 0 saturated heterocycles. The molecule has 1 aromatic heterocycles. The molecule has 1 N–H and O–H groups in total. The van der Waals surface area contributed by atoms with Crippen LogP contribution >= 0.6 is 0 Å². The topological polar surface area (TPSA) is 63.1 Å². The Morgan fingerprint density at radius 3 is 2.42 bits per heavy atom. The van der Waals surface area contributed by atoms with Crippen LogP contribution in [0.3, 0.4) is 0 Å². The Bertz CT molecular complexity index is 662. The number of benzene rings is 1. The lowest BCUT2D eigenvalue weighted by Gasteiger charge is -2.24. The average Bonchev–Trinajstić information content (AvgIpc) is 2.99. The van der Waals surface area contributed by atoms with Crippen LogP contribution in [0.15, 0.2) is 30.6 Å². The number of amides is 1. The molecule has 6 nitrogen and oxygen atoms in total. The van der Waals surface area contributed by atoms with Crippen LogP contribution in [0, 0.1) is 0 Å². The molecule has 0 saturated carbocycles. The average molecular weight is 329 g/mol. The van der Waals surface area contributed by atoms with Gasteiger partial charge in [-0.15, -0.1) is 10.2 Å². The van der Waals surface area contributed by atoms with Gasteiger partial charge in [0.25, 0.3) is 5.91 Å². The summed E-state index contributed by atoms with van der Waals surface area (Å²) in [6.45, 7) is 10.4. The third-order valence-corrected chi connectivity index (χ3v) is 4.22. The summed E-state index contributed by atoms with van der Waals surface area (Å²) in [5, 5.41) is 10.8. The number of nitrogens with one attached hydrogen (secondary N) is 1. The first-order chi connectivity index (χ1) is 11.4. The summed E-state index contributed by atoms with van der Waals surface area (Å²) < 4.78 is 1.80. The van der Waals surface area contributed by atoms with Crippen LogP contribution < -0.4 is 5.32 Å². The van der Waals surface area contributed by atoms with Crippen molar-refractivity contribution in [2.24, 2.45) is 7.05 Å². The highest BCUT2D eigenvalue weighted by atomic mass is 16.1. The van der Waals surface area contributed by atoms with Gasteiger partial charge >= 0.3 is 0 Å². The Morgan fingerprint density at radius 1 is 1.25 bits per heavy atom. The van der Waals surface area contributed by atoms with Crippen molar-refractivity contribution in [3.63, 3.8) is 0 Å². The summed E-state index contributed by atoms with van der Waals surface area (Å²) in [5.74, 6) is 0.628. The fourth-order valence-electron chi connectivity index (χ4n) is 2.68. The van der Waals surface area contributed by atoms with Crippen LogP contribution in [-0.4, -0.2) is 38.2 Å². The molecule has 0 fully saturated rings. The molecule has 0 radical (unpaired) electrons. The SMILES string of the molecule is CCN(Cc1ccc(C(=O)N[C@@H](C)c2nncn2C)cc1)C(C)C. The van der Waals surface area contributed by atoms with Crippen LogP contribution in [0.4, 0.5) is 0 Å². The summed E-state index contributed by atoms with van der Waals surface area (Å²) in [7, 11) is 1.86. The second kappa shape index (κ2) is 8.06. The van der Waals surface area contributed by atoms with Crippen molar-refractivity contribution in [2.75, 3.05) is 6.54 Å². The van der Waals surface area contributed by atoms with Gasteiger partial charge in [-0.05, 0) is 45.0 Å². The largest absolute Gasteiger partial charge is 0.342 e. The van der Waals surface area contributed by atoms with E-state index in [4.69, 9.17) is 0 Å². The fourth-order valence-corrected chi connectivity index (χ4v) is 2.68. The van der Waals surface area contributed by atoms with Gasteiger partial charge in [-0.2, -0.15) is 0 Å². The minimum Gasteiger partial charge on any atom is -0.342 e. The van der Waals surface area contributed by atoms with E-state index in [1.807, 2.05) is 38.2 Å². The van der Waals surface area contributed by atoms with Crippen LogP contribution in [0.25, 0.3) is 0 Å². The van der Waals surface area contributed by atoms with E-state index < -0.39 is 0 Å². The first kappa shape index (κ1) is 18.1. The van der Waals surface area contributed by atoms with Gasteiger partial charge in [0.1, 0.15) is 6.33 Å². The lowest BCUT2D eigenvalue weighted by Crippen LogP contribution is -2.30. The Balaban J connectivity index is 1.99. The van der Waals surface area contributed by atoms with E-state index in [1.54, 1.807) is 10.9 Å². The zero-order chi connectivity index (χ0) is 17.7. The molecular formula is C18H27N5O. The molecule has 2 aromatic rings. The predicted octanol–water partition coefficient (Wildman–Crippen LogP) is 2.54. The summed E-state index contributed by atoms with van der Waals surface area (Å²) >= 11 is 0. The normalized spacial score (nSPS) is 12.6. The van der Waals surface area contributed by atoms with E-state index in [0.29, 0.717) is 11.6 Å². The smallest absolute Gasteiger partial charge is 0.251 e. The minimum absolute atomic E-state index is 0.103. The van der Waals surface area contributed by atoms with Crippen molar-refractivity contribution in [3.05, 3.63) is 47.5 Å². The fraction of sp³-hybridized carbons (Fsp3) is 0.500. The summed E-state index contributed by atoms with van der Waals surface area (Å²) in [6, 6.07) is 8.11. The number of aryl methyl sites for hydroxylation is 1.